The fourth-order valence-electron chi connectivity index (χ4n) is 2.06. The minimum Gasteiger partial charge on any atom is -0.365 e. The third kappa shape index (κ3) is 3.48. The molecule has 3 nitrogen and oxygen atoms in total. The van der Waals surface area contributed by atoms with Gasteiger partial charge in [0.25, 0.3) is 0 Å². The molecule has 0 aliphatic carbocycles. The van der Waals surface area contributed by atoms with E-state index in [1.807, 2.05) is 11.4 Å². The zero-order valence-corrected chi connectivity index (χ0v) is 16.1. The lowest BCUT2D eigenvalue weighted by molar-refractivity contribution is 0.464. The minimum atomic E-state index is -1.67. The van der Waals surface area contributed by atoms with Gasteiger partial charge >= 0.3 is 0 Å². The van der Waals surface area contributed by atoms with Gasteiger partial charge in [0.1, 0.15) is 18.0 Å². The van der Waals surface area contributed by atoms with Gasteiger partial charge in [0.05, 0.1) is 10.2 Å². The van der Waals surface area contributed by atoms with Crippen LogP contribution in [0.25, 0.3) is 10.2 Å². The smallest absolute Gasteiger partial charge is 0.235 e. The van der Waals surface area contributed by atoms with Crippen LogP contribution in [-0.4, -0.2) is 9.97 Å². The molecule has 1 aromatic carbocycles. The van der Waals surface area contributed by atoms with Crippen LogP contribution in [0, 0.1) is 5.82 Å². The number of hydrogen-bond acceptors (Lipinski definition) is 4. The Morgan fingerprint density at radius 1 is 1.23 bits per heavy atom. The number of fused-ring (bicyclic) bond motifs is 1. The number of anilines is 1. The SMILES string of the molecule is Fc1ccc(CNc2ncnc3ccsc23)c(C(F)(I)I)c1. The summed E-state index contributed by atoms with van der Waals surface area (Å²) in [4.78, 5) is 8.39. The van der Waals surface area contributed by atoms with Gasteiger partial charge in [0.2, 0.25) is 1.68 Å². The molecule has 0 bridgehead atoms. The molecule has 2 aromatic heterocycles. The zero-order valence-electron chi connectivity index (χ0n) is 11.0. The average molecular weight is 543 g/mol. The van der Waals surface area contributed by atoms with Crippen LogP contribution in [0.1, 0.15) is 11.1 Å². The first-order chi connectivity index (χ1) is 10.4. The summed E-state index contributed by atoms with van der Waals surface area (Å²) >= 11 is 4.85. The molecule has 22 heavy (non-hydrogen) atoms. The lowest BCUT2D eigenvalue weighted by Gasteiger charge is -2.17. The lowest BCUT2D eigenvalue weighted by Crippen LogP contribution is -2.10. The first-order valence-electron chi connectivity index (χ1n) is 6.23. The molecule has 0 saturated carbocycles. The van der Waals surface area contributed by atoms with Crippen molar-refractivity contribution in [2.75, 3.05) is 5.32 Å². The quantitative estimate of drug-likeness (QED) is 0.355. The van der Waals surface area contributed by atoms with Gasteiger partial charge < -0.3 is 5.32 Å². The molecule has 114 valence electrons. The van der Waals surface area contributed by atoms with Crippen molar-refractivity contribution in [1.82, 2.24) is 9.97 Å². The van der Waals surface area contributed by atoms with E-state index in [1.165, 1.54) is 29.8 Å². The van der Waals surface area contributed by atoms with Crippen molar-refractivity contribution in [2.24, 2.45) is 0 Å². The van der Waals surface area contributed by atoms with Crippen LogP contribution in [0.15, 0.2) is 36.0 Å². The van der Waals surface area contributed by atoms with E-state index in [0.717, 1.165) is 10.2 Å². The summed E-state index contributed by atoms with van der Waals surface area (Å²) in [6.45, 7) is 0.358. The predicted octanol–water partition coefficient (Wildman–Crippen LogP) is 5.39. The van der Waals surface area contributed by atoms with Gasteiger partial charge in [-0.15, -0.1) is 11.3 Å². The van der Waals surface area contributed by atoms with Crippen LogP contribution < -0.4 is 5.32 Å². The van der Waals surface area contributed by atoms with Crippen LogP contribution in [-0.2, 0) is 8.23 Å². The largest absolute Gasteiger partial charge is 0.365 e. The molecule has 8 heteroatoms. The summed E-state index contributed by atoms with van der Waals surface area (Å²) < 4.78 is 26.9. The van der Waals surface area contributed by atoms with E-state index in [1.54, 1.807) is 51.2 Å². The molecule has 0 amide bonds. The van der Waals surface area contributed by atoms with Gasteiger partial charge in [0, 0.05) is 12.1 Å². The molecule has 3 aromatic rings. The Hall–Kier alpha value is -0.620. The number of rotatable bonds is 4. The van der Waals surface area contributed by atoms with E-state index in [9.17, 15) is 8.78 Å². The average Bonchev–Trinajstić information content (AvgIpc) is 2.94. The minimum absolute atomic E-state index is 0.317. The van der Waals surface area contributed by atoms with Gasteiger partial charge in [-0.2, -0.15) is 0 Å². The first kappa shape index (κ1) is 16.2. The molecular weight excluding hydrogens is 534 g/mol. The highest BCUT2D eigenvalue weighted by Crippen LogP contribution is 2.42. The van der Waals surface area contributed by atoms with E-state index < -0.39 is 7.50 Å². The molecule has 0 aliphatic heterocycles. The van der Waals surface area contributed by atoms with Crippen LogP contribution >= 0.6 is 56.5 Å². The highest BCUT2D eigenvalue weighted by atomic mass is 127. The summed E-state index contributed by atoms with van der Waals surface area (Å²) in [6.07, 6.45) is 1.49. The van der Waals surface area contributed by atoms with Crippen LogP contribution in [0.5, 0.6) is 0 Å². The number of aromatic nitrogens is 2. The number of nitrogens with one attached hydrogen (secondary N) is 1. The highest BCUT2D eigenvalue weighted by molar-refractivity contribution is 14.2. The first-order valence-corrected chi connectivity index (χ1v) is 9.26. The van der Waals surface area contributed by atoms with E-state index in [-0.39, 0.29) is 0 Å². The molecule has 0 aliphatic rings. The number of benzene rings is 1. The summed E-state index contributed by atoms with van der Waals surface area (Å²) in [6, 6.07) is 6.07. The van der Waals surface area contributed by atoms with E-state index >= 15 is 0 Å². The Bertz CT molecular complexity index is 817. The Kier molecular flexibility index (Phi) is 4.78. The van der Waals surface area contributed by atoms with Gasteiger partial charge in [-0.1, -0.05) is 6.07 Å². The van der Waals surface area contributed by atoms with Crippen LogP contribution in [0.2, 0.25) is 0 Å². The zero-order chi connectivity index (χ0) is 15.7. The molecule has 2 heterocycles. The number of hydrogen-bond donors (Lipinski definition) is 1. The normalized spacial score (nSPS) is 11.8. The molecule has 0 spiro atoms. The fraction of sp³-hybridized carbons (Fsp3) is 0.143. The molecule has 0 saturated heterocycles. The van der Waals surface area contributed by atoms with Gasteiger partial charge in [0.15, 0.2) is 0 Å². The maximum Gasteiger partial charge on any atom is 0.235 e. The van der Waals surface area contributed by atoms with Crippen molar-refractivity contribution in [3.8, 4) is 0 Å². The Morgan fingerprint density at radius 2 is 2.05 bits per heavy atom. The molecule has 0 radical (unpaired) electrons. The van der Waals surface area contributed by atoms with Crippen molar-refractivity contribution in [2.45, 2.75) is 8.23 Å². The standard InChI is InChI=1S/C14H9F2I2N3S/c15-9-2-1-8(10(5-9)14(16,17)18)6-19-13-12-11(3-4-22-12)20-7-21-13/h1-5,7H,6H2,(H,19,20,21). The van der Waals surface area contributed by atoms with E-state index in [2.05, 4.69) is 15.3 Å². The topological polar surface area (TPSA) is 37.8 Å². The molecule has 1 N–H and O–H groups in total. The number of alkyl halides is 3. The second-order valence-electron chi connectivity index (χ2n) is 4.51. The van der Waals surface area contributed by atoms with E-state index in [4.69, 9.17) is 0 Å². The third-order valence-corrected chi connectivity index (χ3v) is 5.14. The van der Waals surface area contributed by atoms with Gasteiger partial charge in [-0.3, -0.25) is 0 Å². The number of halogens is 4. The predicted molar refractivity (Wildman–Crippen MR) is 102 cm³/mol. The highest BCUT2D eigenvalue weighted by Gasteiger charge is 2.27. The molecule has 3 rings (SSSR count). The second kappa shape index (κ2) is 6.48. The maximum absolute atomic E-state index is 14.2. The molecule has 0 atom stereocenters. The Labute approximate surface area is 156 Å². The third-order valence-electron chi connectivity index (χ3n) is 3.07. The van der Waals surface area contributed by atoms with Gasteiger partial charge in [-0.05, 0) is 74.3 Å². The maximum atomic E-state index is 14.2. The van der Waals surface area contributed by atoms with Crippen LogP contribution in [0.3, 0.4) is 0 Å². The Morgan fingerprint density at radius 3 is 2.82 bits per heavy atom. The van der Waals surface area contributed by atoms with Crippen molar-refractivity contribution in [3.63, 3.8) is 0 Å². The molecule has 0 fully saturated rings. The number of thiophene rings is 1. The monoisotopic (exact) mass is 543 g/mol. The summed E-state index contributed by atoms with van der Waals surface area (Å²) in [5, 5.41) is 5.13. The van der Waals surface area contributed by atoms with Crippen molar-refractivity contribution in [3.05, 3.63) is 52.9 Å². The van der Waals surface area contributed by atoms with Crippen molar-refractivity contribution >= 4 is 72.6 Å². The second-order valence-corrected chi connectivity index (χ2v) is 10.5. The fourth-order valence-corrected chi connectivity index (χ4v) is 3.88. The van der Waals surface area contributed by atoms with E-state index in [0.29, 0.717) is 23.5 Å². The van der Waals surface area contributed by atoms with Crippen LogP contribution in [0.4, 0.5) is 14.6 Å². The van der Waals surface area contributed by atoms with Gasteiger partial charge in [-0.25, -0.2) is 18.7 Å². The summed E-state index contributed by atoms with van der Waals surface area (Å²) in [5.74, 6) is 0.249. The van der Waals surface area contributed by atoms with Crippen molar-refractivity contribution in [1.29, 1.82) is 0 Å². The van der Waals surface area contributed by atoms with Crippen molar-refractivity contribution < 1.29 is 8.78 Å². The Balaban J connectivity index is 1.90. The molecule has 0 unspecified atom stereocenters. The summed E-state index contributed by atoms with van der Waals surface area (Å²) in [5.41, 5.74) is 1.87. The summed E-state index contributed by atoms with van der Waals surface area (Å²) in [7, 11) is 0. The lowest BCUT2D eigenvalue weighted by atomic mass is 10.1. The molecular formula is C14H9F2I2N3S. The number of nitrogens with zero attached hydrogens (tertiary/aromatic N) is 2.